The number of aromatic nitrogens is 1. The first-order valence-electron chi connectivity index (χ1n) is 6.18. The molecular formula is C12H16N4O5. The lowest BCUT2D eigenvalue weighted by molar-refractivity contribution is -0.390. The largest absolute Gasteiger partial charge is 0.476 e. The molecule has 114 valence electrons. The van der Waals surface area contributed by atoms with E-state index in [0.717, 1.165) is 0 Å². The van der Waals surface area contributed by atoms with Gasteiger partial charge in [-0.1, -0.05) is 0 Å². The van der Waals surface area contributed by atoms with E-state index in [9.17, 15) is 19.7 Å². The summed E-state index contributed by atoms with van der Waals surface area (Å²) >= 11 is 0. The lowest BCUT2D eigenvalue weighted by atomic mass is 10.4. The third kappa shape index (κ3) is 5.85. The molecule has 0 aliphatic heterocycles. The molecule has 0 saturated heterocycles. The van der Waals surface area contributed by atoms with Crippen LogP contribution in [-0.4, -0.2) is 40.9 Å². The molecule has 0 radical (unpaired) electrons. The van der Waals surface area contributed by atoms with Crippen molar-refractivity contribution >= 4 is 17.6 Å². The Morgan fingerprint density at radius 3 is 2.76 bits per heavy atom. The maximum Gasteiger partial charge on any atom is 0.406 e. The summed E-state index contributed by atoms with van der Waals surface area (Å²) in [5.74, 6) is -1.47. The Hall–Kier alpha value is -2.71. The standard InChI is InChI=1S/C12H16N4O5/c1-8(2)15-10(17)6-14-11(18)7-21-9-4-3-5-13-12(9)16(19)20/h3-5,8H,6-7H2,1-2H3,(H,14,18)(H,15,17). The topological polar surface area (TPSA) is 123 Å². The number of carbonyl (C=O) groups is 2. The Morgan fingerprint density at radius 2 is 2.14 bits per heavy atom. The van der Waals surface area contributed by atoms with E-state index in [2.05, 4.69) is 15.6 Å². The van der Waals surface area contributed by atoms with Crippen LogP contribution in [0.5, 0.6) is 5.75 Å². The Kier molecular flexibility index (Phi) is 6.05. The van der Waals surface area contributed by atoms with Crippen molar-refractivity contribution < 1.29 is 19.2 Å². The van der Waals surface area contributed by atoms with Crippen molar-refractivity contribution in [2.75, 3.05) is 13.2 Å². The summed E-state index contributed by atoms with van der Waals surface area (Å²) in [6.07, 6.45) is 1.25. The van der Waals surface area contributed by atoms with Crippen molar-refractivity contribution in [1.29, 1.82) is 0 Å². The zero-order chi connectivity index (χ0) is 15.8. The van der Waals surface area contributed by atoms with Crippen LogP contribution in [0.1, 0.15) is 13.8 Å². The molecule has 0 spiro atoms. The highest BCUT2D eigenvalue weighted by Crippen LogP contribution is 2.22. The monoisotopic (exact) mass is 296 g/mol. The third-order valence-corrected chi connectivity index (χ3v) is 2.18. The van der Waals surface area contributed by atoms with Gasteiger partial charge in [-0.05, 0) is 35.9 Å². The van der Waals surface area contributed by atoms with Crippen LogP contribution in [0.3, 0.4) is 0 Å². The molecule has 0 bridgehead atoms. The Morgan fingerprint density at radius 1 is 1.43 bits per heavy atom. The predicted octanol–water partition coefficient (Wildman–Crippen LogP) is 0.00940. The Labute approximate surface area is 120 Å². The second-order valence-electron chi connectivity index (χ2n) is 4.37. The fourth-order valence-corrected chi connectivity index (χ4v) is 1.38. The summed E-state index contributed by atoms with van der Waals surface area (Å²) in [5.41, 5.74) is 0. The molecule has 9 heteroatoms. The van der Waals surface area contributed by atoms with E-state index in [1.54, 1.807) is 13.8 Å². The maximum atomic E-state index is 11.5. The van der Waals surface area contributed by atoms with E-state index >= 15 is 0 Å². The first-order chi connectivity index (χ1) is 9.90. The number of hydrogen-bond acceptors (Lipinski definition) is 6. The number of carbonyl (C=O) groups excluding carboxylic acids is 2. The van der Waals surface area contributed by atoms with Crippen LogP contribution in [0.4, 0.5) is 5.82 Å². The van der Waals surface area contributed by atoms with Gasteiger partial charge >= 0.3 is 5.82 Å². The molecule has 0 atom stereocenters. The number of nitro groups is 1. The van der Waals surface area contributed by atoms with Crippen molar-refractivity contribution in [2.45, 2.75) is 19.9 Å². The zero-order valence-electron chi connectivity index (χ0n) is 11.7. The second-order valence-corrected chi connectivity index (χ2v) is 4.37. The lowest BCUT2D eigenvalue weighted by Gasteiger charge is -2.09. The molecule has 0 aliphatic rings. The van der Waals surface area contributed by atoms with Crippen LogP contribution in [0.25, 0.3) is 0 Å². The molecule has 1 aromatic rings. The fraction of sp³-hybridized carbons (Fsp3) is 0.417. The number of nitrogens with one attached hydrogen (secondary N) is 2. The molecule has 1 aromatic heterocycles. The second kappa shape index (κ2) is 7.78. The molecule has 1 heterocycles. The number of ether oxygens (including phenoxy) is 1. The molecule has 2 N–H and O–H groups in total. The maximum absolute atomic E-state index is 11.5. The summed E-state index contributed by atoms with van der Waals surface area (Å²) in [5, 5.41) is 15.6. The van der Waals surface area contributed by atoms with Crippen LogP contribution in [0, 0.1) is 10.1 Å². The van der Waals surface area contributed by atoms with Gasteiger partial charge in [0.1, 0.15) is 6.20 Å². The minimum absolute atomic E-state index is 0.0244. The van der Waals surface area contributed by atoms with E-state index in [0.29, 0.717) is 0 Å². The minimum atomic E-state index is -0.705. The Balaban J connectivity index is 2.43. The van der Waals surface area contributed by atoms with Gasteiger partial charge in [0.15, 0.2) is 6.61 Å². The predicted molar refractivity (Wildman–Crippen MR) is 72.7 cm³/mol. The summed E-state index contributed by atoms with van der Waals surface area (Å²) in [6.45, 7) is 2.96. The van der Waals surface area contributed by atoms with Crippen molar-refractivity contribution in [2.24, 2.45) is 0 Å². The number of pyridine rings is 1. The van der Waals surface area contributed by atoms with Crippen molar-refractivity contribution in [3.05, 3.63) is 28.4 Å². The zero-order valence-corrected chi connectivity index (χ0v) is 11.7. The number of hydrogen-bond donors (Lipinski definition) is 2. The lowest BCUT2D eigenvalue weighted by Crippen LogP contribution is -2.41. The van der Waals surface area contributed by atoms with Gasteiger partial charge in [-0.15, -0.1) is 0 Å². The summed E-state index contributed by atoms with van der Waals surface area (Å²) in [7, 11) is 0. The molecule has 0 aliphatic carbocycles. The highest BCUT2D eigenvalue weighted by atomic mass is 16.6. The van der Waals surface area contributed by atoms with E-state index in [4.69, 9.17) is 4.74 Å². The quantitative estimate of drug-likeness (QED) is 0.539. The van der Waals surface area contributed by atoms with Gasteiger partial charge < -0.3 is 25.5 Å². The third-order valence-electron chi connectivity index (χ3n) is 2.18. The molecule has 0 saturated carbocycles. The molecule has 9 nitrogen and oxygen atoms in total. The van der Waals surface area contributed by atoms with E-state index < -0.39 is 23.3 Å². The summed E-state index contributed by atoms with van der Waals surface area (Å²) in [4.78, 5) is 36.3. The van der Waals surface area contributed by atoms with Gasteiger partial charge in [0.2, 0.25) is 11.7 Å². The average Bonchev–Trinajstić information content (AvgIpc) is 2.42. The van der Waals surface area contributed by atoms with Crippen LogP contribution >= 0.6 is 0 Å². The molecule has 0 fully saturated rings. The number of nitrogens with zero attached hydrogens (tertiary/aromatic N) is 2. The molecular weight excluding hydrogens is 280 g/mol. The van der Waals surface area contributed by atoms with Gasteiger partial charge in [0, 0.05) is 6.04 Å². The molecule has 21 heavy (non-hydrogen) atoms. The fourth-order valence-electron chi connectivity index (χ4n) is 1.38. The highest BCUT2D eigenvalue weighted by Gasteiger charge is 2.16. The number of rotatable bonds is 7. The molecule has 0 unspecified atom stereocenters. The van der Waals surface area contributed by atoms with Crippen LogP contribution in [-0.2, 0) is 9.59 Å². The smallest absolute Gasteiger partial charge is 0.406 e. The first-order valence-corrected chi connectivity index (χ1v) is 6.18. The molecule has 1 rings (SSSR count). The van der Waals surface area contributed by atoms with E-state index in [-0.39, 0.29) is 24.2 Å². The summed E-state index contributed by atoms with van der Waals surface area (Å²) in [6, 6.07) is 2.77. The highest BCUT2D eigenvalue weighted by molar-refractivity contribution is 5.85. The Bertz CT molecular complexity index is 532. The average molecular weight is 296 g/mol. The van der Waals surface area contributed by atoms with Gasteiger partial charge in [-0.3, -0.25) is 9.59 Å². The normalized spacial score (nSPS) is 10.0. The summed E-state index contributed by atoms with van der Waals surface area (Å²) < 4.78 is 5.03. The van der Waals surface area contributed by atoms with Crippen LogP contribution in [0.2, 0.25) is 0 Å². The first kappa shape index (κ1) is 16.3. The van der Waals surface area contributed by atoms with Crippen molar-refractivity contribution in [3.8, 4) is 5.75 Å². The van der Waals surface area contributed by atoms with Crippen molar-refractivity contribution in [3.63, 3.8) is 0 Å². The SMILES string of the molecule is CC(C)NC(=O)CNC(=O)COc1cccnc1[N+](=O)[O-]. The van der Waals surface area contributed by atoms with Crippen molar-refractivity contribution in [1.82, 2.24) is 15.6 Å². The van der Waals surface area contributed by atoms with Gasteiger partial charge in [0.05, 0.1) is 6.54 Å². The molecule has 2 amide bonds. The van der Waals surface area contributed by atoms with Crippen LogP contribution < -0.4 is 15.4 Å². The molecule has 0 aromatic carbocycles. The van der Waals surface area contributed by atoms with Crippen LogP contribution in [0.15, 0.2) is 18.3 Å². The number of amides is 2. The van der Waals surface area contributed by atoms with E-state index in [1.807, 2.05) is 0 Å². The van der Waals surface area contributed by atoms with Gasteiger partial charge in [-0.25, -0.2) is 0 Å². The minimum Gasteiger partial charge on any atom is -0.476 e. The van der Waals surface area contributed by atoms with Gasteiger partial charge in [0.25, 0.3) is 5.91 Å². The van der Waals surface area contributed by atoms with E-state index in [1.165, 1.54) is 18.3 Å². The van der Waals surface area contributed by atoms with Gasteiger partial charge in [-0.2, -0.15) is 0 Å².